The molecule has 0 aromatic heterocycles. The summed E-state index contributed by atoms with van der Waals surface area (Å²) in [5.74, 6) is 0. The number of hydrogen-bond acceptors (Lipinski definition) is 1. The summed E-state index contributed by atoms with van der Waals surface area (Å²) in [7, 11) is 0. The third-order valence-corrected chi connectivity index (χ3v) is 1.08. The maximum Gasteiger partial charge on any atom is 0.0466 e. The lowest BCUT2D eigenvalue weighted by Crippen LogP contribution is -2.03. The first kappa shape index (κ1) is 17.4. The third-order valence-electron chi connectivity index (χ3n) is 1.08. The highest BCUT2D eigenvalue weighted by molar-refractivity contribution is 7.59. The summed E-state index contributed by atoms with van der Waals surface area (Å²) in [5, 5.41) is 0. The van der Waals surface area contributed by atoms with E-state index in [1.54, 1.807) is 0 Å². The van der Waals surface area contributed by atoms with E-state index in [4.69, 9.17) is 4.74 Å². The highest BCUT2D eigenvalue weighted by Gasteiger charge is 1.94. The lowest BCUT2D eigenvalue weighted by Gasteiger charge is -2.08. The van der Waals surface area contributed by atoms with Crippen LogP contribution in [0.25, 0.3) is 0 Å². The molecule has 1 heterocycles. The van der Waals surface area contributed by atoms with Gasteiger partial charge in [-0.3, -0.25) is 0 Å². The van der Waals surface area contributed by atoms with Gasteiger partial charge in [-0.2, -0.15) is 13.5 Å². The molecule has 0 bridgehead atoms. The molecular weight excluding hydrogens is 156 g/mol. The molecule has 0 unspecified atom stereocenters. The van der Waals surface area contributed by atoms with E-state index >= 15 is 0 Å². The zero-order valence-corrected chi connectivity index (χ0v) is 9.44. The van der Waals surface area contributed by atoms with Crippen LogP contribution in [0, 0.1) is 0 Å². The second-order valence-corrected chi connectivity index (χ2v) is 1.67. The van der Waals surface area contributed by atoms with Gasteiger partial charge in [-0.15, -0.1) is 0 Å². The second kappa shape index (κ2) is 22.4. The fourth-order valence-electron chi connectivity index (χ4n) is 0.687. The van der Waals surface area contributed by atoms with Gasteiger partial charge in [0.15, 0.2) is 0 Å². The molecule has 1 fully saturated rings. The van der Waals surface area contributed by atoms with Gasteiger partial charge in [0.25, 0.3) is 0 Å². The van der Waals surface area contributed by atoms with Gasteiger partial charge < -0.3 is 4.74 Å². The Kier molecular flexibility index (Phi) is 35.5. The Balaban J connectivity index is -0.000000114. The van der Waals surface area contributed by atoms with E-state index in [0.717, 1.165) is 13.2 Å². The molecule has 1 rings (SSSR count). The van der Waals surface area contributed by atoms with Crippen LogP contribution in [0.15, 0.2) is 0 Å². The molecule has 0 N–H and O–H groups in total. The van der Waals surface area contributed by atoms with Crippen molar-refractivity contribution < 1.29 is 4.74 Å². The minimum Gasteiger partial charge on any atom is -0.381 e. The van der Waals surface area contributed by atoms with E-state index in [9.17, 15) is 0 Å². The Bertz CT molecular complexity index is 25.0. The number of hydrogen-bond donors (Lipinski definition) is 0. The highest BCUT2D eigenvalue weighted by atomic mass is 32.1. The van der Waals surface area contributed by atoms with Crippen LogP contribution in [-0.2, 0) is 4.74 Å². The number of ether oxygens (including phenoxy) is 1. The molecule has 72 valence electrons. The zero-order chi connectivity index (χ0) is 8.24. The molecule has 1 nitrogen and oxygen atoms in total. The Morgan fingerprint density at radius 3 is 1.18 bits per heavy atom. The van der Waals surface area contributed by atoms with Gasteiger partial charge in [0.2, 0.25) is 0 Å². The molecule has 1 saturated heterocycles. The first-order valence-corrected chi connectivity index (χ1v) is 4.58. The van der Waals surface area contributed by atoms with E-state index in [0.29, 0.717) is 0 Å². The lowest BCUT2D eigenvalue weighted by atomic mass is 10.2. The molecular formula is C9H24OS. The molecule has 0 radical (unpaired) electrons. The van der Waals surface area contributed by atoms with Gasteiger partial charge in [0.05, 0.1) is 0 Å². The van der Waals surface area contributed by atoms with E-state index < -0.39 is 0 Å². The van der Waals surface area contributed by atoms with E-state index in [1.165, 1.54) is 19.3 Å². The average molecular weight is 180 g/mol. The van der Waals surface area contributed by atoms with Gasteiger partial charge >= 0.3 is 0 Å². The molecule has 1 aliphatic heterocycles. The van der Waals surface area contributed by atoms with Crippen LogP contribution >= 0.6 is 13.5 Å². The molecule has 0 amide bonds. The molecule has 0 aliphatic carbocycles. The number of rotatable bonds is 0. The summed E-state index contributed by atoms with van der Waals surface area (Å²) in [6, 6.07) is 0. The van der Waals surface area contributed by atoms with Gasteiger partial charge in [-0.05, 0) is 19.3 Å². The Hall–Kier alpha value is 0.310. The van der Waals surface area contributed by atoms with Crippen molar-refractivity contribution >= 4 is 13.5 Å². The van der Waals surface area contributed by atoms with Crippen molar-refractivity contribution in [3.8, 4) is 0 Å². The second-order valence-electron chi connectivity index (χ2n) is 1.67. The standard InChI is InChI=1S/C5H10O.2C2H6.H2S/c1-2-4-6-5-3-1;2*1-2;/h1-5H2;2*1-2H3;1H2. The SMILES string of the molecule is C1CCOCC1.CC.CC.S. The molecule has 0 saturated carbocycles. The molecule has 11 heavy (non-hydrogen) atoms. The van der Waals surface area contributed by atoms with Crippen molar-refractivity contribution in [3.63, 3.8) is 0 Å². The van der Waals surface area contributed by atoms with Gasteiger partial charge in [0.1, 0.15) is 0 Å². The van der Waals surface area contributed by atoms with E-state index in [2.05, 4.69) is 0 Å². The summed E-state index contributed by atoms with van der Waals surface area (Å²) >= 11 is 0. The molecule has 0 spiro atoms. The van der Waals surface area contributed by atoms with Crippen molar-refractivity contribution in [1.29, 1.82) is 0 Å². The topological polar surface area (TPSA) is 9.23 Å². The predicted molar refractivity (Wildman–Crippen MR) is 57.7 cm³/mol. The van der Waals surface area contributed by atoms with Crippen LogP contribution < -0.4 is 0 Å². The minimum atomic E-state index is 0. The van der Waals surface area contributed by atoms with Crippen LogP contribution in [0.2, 0.25) is 0 Å². The first-order chi connectivity index (χ1) is 5.00. The maximum atomic E-state index is 5.07. The average Bonchev–Trinajstić information content (AvgIpc) is 2.14. The monoisotopic (exact) mass is 180 g/mol. The van der Waals surface area contributed by atoms with E-state index in [-0.39, 0.29) is 13.5 Å². The normalized spacial score (nSPS) is 14.2. The third kappa shape index (κ3) is 17.9. The molecule has 0 atom stereocenters. The van der Waals surface area contributed by atoms with Gasteiger partial charge in [-0.25, -0.2) is 0 Å². The van der Waals surface area contributed by atoms with Crippen molar-refractivity contribution in [1.82, 2.24) is 0 Å². The summed E-state index contributed by atoms with van der Waals surface area (Å²) in [5.41, 5.74) is 0. The van der Waals surface area contributed by atoms with Crippen LogP contribution in [0.1, 0.15) is 47.0 Å². The summed E-state index contributed by atoms with van der Waals surface area (Å²) in [6.45, 7) is 10.0. The van der Waals surface area contributed by atoms with Crippen LogP contribution in [0.5, 0.6) is 0 Å². The van der Waals surface area contributed by atoms with E-state index in [1.807, 2.05) is 27.7 Å². The Morgan fingerprint density at radius 2 is 1.09 bits per heavy atom. The minimum absolute atomic E-state index is 0. The van der Waals surface area contributed by atoms with Crippen molar-refractivity contribution in [2.24, 2.45) is 0 Å². The fourth-order valence-corrected chi connectivity index (χ4v) is 0.687. The highest BCUT2D eigenvalue weighted by Crippen LogP contribution is 2.02. The van der Waals surface area contributed by atoms with Crippen LogP contribution in [0.4, 0.5) is 0 Å². The molecule has 0 aromatic rings. The smallest absolute Gasteiger partial charge is 0.0466 e. The van der Waals surface area contributed by atoms with Crippen LogP contribution in [-0.4, -0.2) is 13.2 Å². The Labute approximate surface area is 79.0 Å². The summed E-state index contributed by atoms with van der Waals surface area (Å²) in [6.07, 6.45) is 3.93. The lowest BCUT2D eigenvalue weighted by molar-refractivity contribution is 0.0968. The maximum absolute atomic E-state index is 5.07. The fraction of sp³-hybridized carbons (Fsp3) is 1.00. The molecule has 2 heteroatoms. The first-order valence-electron chi connectivity index (χ1n) is 4.58. The van der Waals surface area contributed by atoms with Gasteiger partial charge in [-0.1, -0.05) is 27.7 Å². The van der Waals surface area contributed by atoms with Crippen molar-refractivity contribution in [3.05, 3.63) is 0 Å². The van der Waals surface area contributed by atoms with Crippen LogP contribution in [0.3, 0.4) is 0 Å². The summed E-state index contributed by atoms with van der Waals surface area (Å²) < 4.78 is 5.07. The largest absolute Gasteiger partial charge is 0.381 e. The summed E-state index contributed by atoms with van der Waals surface area (Å²) in [4.78, 5) is 0. The zero-order valence-electron chi connectivity index (χ0n) is 8.44. The molecule has 1 aliphatic rings. The van der Waals surface area contributed by atoms with Crippen molar-refractivity contribution in [2.75, 3.05) is 13.2 Å². The predicted octanol–water partition coefficient (Wildman–Crippen LogP) is 3.35. The quantitative estimate of drug-likeness (QED) is 0.555. The molecule has 0 aromatic carbocycles. The Morgan fingerprint density at radius 1 is 0.727 bits per heavy atom. The van der Waals surface area contributed by atoms with Gasteiger partial charge in [0, 0.05) is 13.2 Å². The van der Waals surface area contributed by atoms with Crippen molar-refractivity contribution in [2.45, 2.75) is 47.0 Å².